The van der Waals surface area contributed by atoms with Crippen LogP contribution in [0.5, 0.6) is 0 Å². The summed E-state index contributed by atoms with van der Waals surface area (Å²) in [5, 5.41) is 7.07. The second-order valence-corrected chi connectivity index (χ2v) is 7.76. The minimum Gasteiger partial charge on any atom is -0.339 e. The number of nitrogens with one attached hydrogen (secondary N) is 1. The second-order valence-electron chi connectivity index (χ2n) is 7.76. The van der Waals surface area contributed by atoms with Crippen molar-refractivity contribution in [2.45, 2.75) is 57.9 Å². The fourth-order valence-electron chi connectivity index (χ4n) is 3.39. The van der Waals surface area contributed by atoms with E-state index in [1.807, 2.05) is 4.90 Å². The molecule has 1 aromatic heterocycles. The van der Waals surface area contributed by atoms with Crippen molar-refractivity contribution >= 4 is 18.4 Å². The van der Waals surface area contributed by atoms with Gasteiger partial charge in [0.05, 0.1) is 5.54 Å². The van der Waals surface area contributed by atoms with Gasteiger partial charge in [0.25, 0.3) is 0 Å². The van der Waals surface area contributed by atoms with Gasteiger partial charge >= 0.3 is 6.03 Å². The van der Waals surface area contributed by atoms with Crippen LogP contribution in [0.3, 0.4) is 0 Å². The highest BCUT2D eigenvalue weighted by atomic mass is 35.5. The number of likely N-dealkylation sites (tertiary alicyclic amines) is 1. The molecule has 25 heavy (non-hydrogen) atoms. The third kappa shape index (κ3) is 4.85. The molecule has 7 nitrogen and oxygen atoms in total. The van der Waals surface area contributed by atoms with E-state index in [2.05, 4.69) is 29.3 Å². The molecule has 1 saturated heterocycles. The van der Waals surface area contributed by atoms with Crippen molar-refractivity contribution in [2.75, 3.05) is 19.6 Å². The molecule has 1 aromatic rings. The van der Waals surface area contributed by atoms with Gasteiger partial charge in [-0.3, -0.25) is 0 Å². The number of amides is 2. The third-order valence-electron chi connectivity index (χ3n) is 5.09. The van der Waals surface area contributed by atoms with Crippen LogP contribution in [0.15, 0.2) is 4.52 Å². The van der Waals surface area contributed by atoms with Crippen LogP contribution in [0.1, 0.15) is 57.7 Å². The van der Waals surface area contributed by atoms with Gasteiger partial charge in [-0.25, -0.2) is 4.79 Å². The minimum absolute atomic E-state index is 0. The largest absolute Gasteiger partial charge is 0.339 e. The van der Waals surface area contributed by atoms with Gasteiger partial charge in [-0.05, 0) is 43.9 Å². The van der Waals surface area contributed by atoms with Gasteiger partial charge in [0.2, 0.25) is 5.89 Å². The average Bonchev–Trinajstić information content (AvgIpc) is 2.99. The molecular formula is C17H30ClN5O2. The number of nitrogens with zero attached hydrogens (tertiary/aromatic N) is 3. The number of urea groups is 1. The van der Waals surface area contributed by atoms with E-state index >= 15 is 0 Å². The highest BCUT2D eigenvalue weighted by Gasteiger charge is 2.39. The van der Waals surface area contributed by atoms with Gasteiger partial charge in [-0.15, -0.1) is 12.4 Å². The molecule has 3 N–H and O–H groups in total. The van der Waals surface area contributed by atoms with Crippen molar-refractivity contribution in [3.05, 3.63) is 11.7 Å². The number of piperidine rings is 1. The van der Waals surface area contributed by atoms with Crippen molar-refractivity contribution in [3.63, 3.8) is 0 Å². The van der Waals surface area contributed by atoms with E-state index in [0.29, 0.717) is 30.1 Å². The molecular weight excluding hydrogens is 342 g/mol. The van der Waals surface area contributed by atoms with E-state index in [1.54, 1.807) is 0 Å². The molecule has 142 valence electrons. The number of aromatic nitrogens is 2. The zero-order valence-corrected chi connectivity index (χ0v) is 16.0. The first-order chi connectivity index (χ1) is 11.5. The van der Waals surface area contributed by atoms with Crippen molar-refractivity contribution in [1.82, 2.24) is 20.4 Å². The Morgan fingerprint density at radius 2 is 2.20 bits per heavy atom. The third-order valence-corrected chi connectivity index (χ3v) is 5.09. The highest BCUT2D eigenvalue weighted by Crippen LogP contribution is 2.37. The Morgan fingerprint density at radius 3 is 2.84 bits per heavy atom. The Bertz CT molecular complexity index is 573. The summed E-state index contributed by atoms with van der Waals surface area (Å²) in [6, 6.07) is 0.0370. The first-order valence-corrected chi connectivity index (χ1v) is 9.11. The lowest BCUT2D eigenvalue weighted by Gasteiger charge is -2.34. The fourth-order valence-corrected chi connectivity index (χ4v) is 3.39. The van der Waals surface area contributed by atoms with Crippen molar-refractivity contribution < 1.29 is 9.32 Å². The smallest absolute Gasteiger partial charge is 0.317 e. The van der Waals surface area contributed by atoms with Crippen LogP contribution in [0, 0.1) is 11.8 Å². The van der Waals surface area contributed by atoms with Crippen LogP contribution in [-0.4, -0.2) is 40.7 Å². The van der Waals surface area contributed by atoms with E-state index in [0.717, 1.165) is 51.6 Å². The second kappa shape index (κ2) is 8.36. The quantitative estimate of drug-likeness (QED) is 0.828. The number of halogens is 1. The number of rotatable bonds is 5. The molecule has 8 heteroatoms. The van der Waals surface area contributed by atoms with Crippen LogP contribution in [0.25, 0.3) is 0 Å². The van der Waals surface area contributed by atoms with Crippen molar-refractivity contribution in [3.8, 4) is 0 Å². The first-order valence-electron chi connectivity index (χ1n) is 9.11. The molecule has 1 unspecified atom stereocenters. The van der Waals surface area contributed by atoms with Gasteiger partial charge in [-0.1, -0.05) is 19.0 Å². The van der Waals surface area contributed by atoms with E-state index in [4.69, 9.17) is 10.3 Å². The van der Waals surface area contributed by atoms with Crippen LogP contribution >= 0.6 is 12.4 Å². The summed E-state index contributed by atoms with van der Waals surface area (Å²) in [7, 11) is 0. The Hall–Kier alpha value is -1.34. The number of carbonyl (C=O) groups excluding carboxylic acids is 1. The lowest BCUT2D eigenvalue weighted by molar-refractivity contribution is 0.160. The van der Waals surface area contributed by atoms with Crippen LogP contribution in [0.4, 0.5) is 4.79 Å². The summed E-state index contributed by atoms with van der Waals surface area (Å²) in [4.78, 5) is 18.6. The molecule has 2 heterocycles. The molecule has 2 aliphatic rings. The Morgan fingerprint density at radius 1 is 1.44 bits per heavy atom. The lowest BCUT2D eigenvalue weighted by atomic mass is 9.77. The molecule has 0 aromatic carbocycles. The maximum atomic E-state index is 12.2. The van der Waals surface area contributed by atoms with Gasteiger partial charge in [0.1, 0.15) is 0 Å². The summed E-state index contributed by atoms with van der Waals surface area (Å²) in [5.41, 5.74) is 5.87. The molecule has 3 rings (SSSR count). The van der Waals surface area contributed by atoms with E-state index in [9.17, 15) is 4.79 Å². The predicted octanol–water partition coefficient (Wildman–Crippen LogP) is 2.45. The molecule has 0 bridgehead atoms. The monoisotopic (exact) mass is 371 g/mol. The molecule has 1 aliphatic carbocycles. The minimum atomic E-state index is -0.378. The highest BCUT2D eigenvalue weighted by molar-refractivity contribution is 5.85. The topological polar surface area (TPSA) is 97.3 Å². The van der Waals surface area contributed by atoms with Crippen molar-refractivity contribution in [1.29, 1.82) is 0 Å². The van der Waals surface area contributed by atoms with Gasteiger partial charge in [0, 0.05) is 26.1 Å². The average molecular weight is 372 g/mol. The molecule has 1 aliphatic heterocycles. The molecule has 0 spiro atoms. The summed E-state index contributed by atoms with van der Waals surface area (Å²) in [5.74, 6) is 2.12. The lowest BCUT2D eigenvalue weighted by Crippen LogP contribution is -2.46. The first kappa shape index (κ1) is 20.0. The Balaban J connectivity index is 0.00000225. The fraction of sp³-hybridized carbons (Fsp3) is 0.824. The zero-order valence-electron chi connectivity index (χ0n) is 15.2. The molecule has 1 saturated carbocycles. The van der Waals surface area contributed by atoms with E-state index in [1.165, 1.54) is 0 Å². The van der Waals surface area contributed by atoms with E-state index in [-0.39, 0.29) is 24.0 Å². The number of carbonyl (C=O) groups is 1. The van der Waals surface area contributed by atoms with Crippen LogP contribution in [0.2, 0.25) is 0 Å². The molecule has 2 fully saturated rings. The normalized spacial score (nSPS) is 22.2. The molecule has 0 radical (unpaired) electrons. The van der Waals surface area contributed by atoms with Gasteiger partial charge in [-0.2, -0.15) is 4.98 Å². The summed E-state index contributed by atoms with van der Waals surface area (Å²) in [6.45, 7) is 6.47. The zero-order chi connectivity index (χ0) is 17.2. The standard InChI is InChI=1S/C17H29N5O2.ClH/c1-12(2)10-19-16(23)22-8-3-5-13(11-22)9-14-20-15(21-24-14)17(18)6-4-7-17;/h12-13H,3-11,18H2,1-2H3,(H,19,23);1H. The number of hydrogen-bond donors (Lipinski definition) is 2. The summed E-state index contributed by atoms with van der Waals surface area (Å²) < 4.78 is 5.40. The van der Waals surface area contributed by atoms with Crippen molar-refractivity contribution in [2.24, 2.45) is 17.6 Å². The van der Waals surface area contributed by atoms with Crippen LogP contribution < -0.4 is 11.1 Å². The molecule has 2 amide bonds. The van der Waals surface area contributed by atoms with Crippen LogP contribution in [-0.2, 0) is 12.0 Å². The van der Waals surface area contributed by atoms with E-state index < -0.39 is 0 Å². The number of hydrogen-bond acceptors (Lipinski definition) is 5. The summed E-state index contributed by atoms with van der Waals surface area (Å²) in [6.07, 6.45) is 5.81. The maximum absolute atomic E-state index is 12.2. The van der Waals surface area contributed by atoms with Gasteiger partial charge < -0.3 is 20.5 Å². The Labute approximate surface area is 155 Å². The number of nitrogens with two attached hydrogens (primary N) is 1. The maximum Gasteiger partial charge on any atom is 0.317 e. The Kier molecular flexibility index (Phi) is 6.68. The summed E-state index contributed by atoms with van der Waals surface area (Å²) >= 11 is 0. The van der Waals surface area contributed by atoms with Gasteiger partial charge in [0.15, 0.2) is 5.82 Å². The molecule has 1 atom stereocenters. The predicted molar refractivity (Wildman–Crippen MR) is 97.5 cm³/mol. The SMILES string of the molecule is CC(C)CNC(=O)N1CCCC(Cc2nc(C3(N)CCC3)no2)C1.Cl.